The number of nitrogens with zero attached hydrogens (tertiary/aromatic N) is 2. The molecule has 3 aromatic rings. The van der Waals surface area contributed by atoms with Gasteiger partial charge in [0, 0.05) is 11.6 Å². The number of thiazole rings is 1. The average molecular weight is 312 g/mol. The van der Waals surface area contributed by atoms with Crippen LogP contribution in [0.15, 0.2) is 29.8 Å². The van der Waals surface area contributed by atoms with Gasteiger partial charge in [0.15, 0.2) is 10.7 Å². The van der Waals surface area contributed by atoms with Gasteiger partial charge in [-0.3, -0.25) is 4.40 Å². The molecule has 0 spiro atoms. The van der Waals surface area contributed by atoms with Gasteiger partial charge in [0.05, 0.1) is 12.3 Å². The lowest BCUT2D eigenvalue weighted by atomic mass is 10.0. The topological polar surface area (TPSA) is 43.6 Å². The summed E-state index contributed by atoms with van der Waals surface area (Å²) in [6.07, 6.45) is 5.36. The van der Waals surface area contributed by atoms with Gasteiger partial charge in [-0.2, -0.15) is 0 Å². The smallest absolute Gasteiger partial charge is 0.358 e. The van der Waals surface area contributed by atoms with E-state index in [1.54, 1.807) is 24.5 Å². The molecule has 2 aromatic heterocycles. The fraction of sp³-hybridized carbons (Fsp3) is 0.294. The quantitative estimate of drug-likeness (QED) is 0.692. The van der Waals surface area contributed by atoms with E-state index in [0.717, 1.165) is 17.1 Å². The van der Waals surface area contributed by atoms with Crippen LogP contribution >= 0.6 is 11.3 Å². The molecule has 22 heavy (non-hydrogen) atoms. The van der Waals surface area contributed by atoms with Crippen LogP contribution in [0.4, 0.5) is 0 Å². The van der Waals surface area contributed by atoms with E-state index in [2.05, 4.69) is 28.6 Å². The first-order chi connectivity index (χ1) is 10.8. The normalized spacial score (nSPS) is 13.5. The summed E-state index contributed by atoms with van der Waals surface area (Å²) < 4.78 is 7.00. The molecule has 1 aliphatic rings. The summed E-state index contributed by atoms with van der Waals surface area (Å²) in [6.45, 7) is 2.16. The van der Waals surface area contributed by atoms with Gasteiger partial charge in [0.2, 0.25) is 0 Å². The molecule has 0 atom stereocenters. The number of aryl methyl sites for hydroxylation is 2. The minimum Gasteiger partial charge on any atom is -0.461 e. The first kappa shape index (κ1) is 13.5. The molecule has 5 heteroatoms. The van der Waals surface area contributed by atoms with E-state index in [1.807, 2.05) is 4.40 Å². The van der Waals surface area contributed by atoms with Crippen LogP contribution in [0.5, 0.6) is 0 Å². The predicted molar refractivity (Wildman–Crippen MR) is 86.5 cm³/mol. The summed E-state index contributed by atoms with van der Waals surface area (Å²) in [4.78, 5) is 17.0. The van der Waals surface area contributed by atoms with E-state index in [1.165, 1.54) is 29.5 Å². The van der Waals surface area contributed by atoms with Crippen LogP contribution in [-0.4, -0.2) is 22.0 Å². The average Bonchev–Trinajstić information content (AvgIpc) is 3.21. The molecule has 112 valence electrons. The lowest BCUT2D eigenvalue weighted by Gasteiger charge is -2.04. The Morgan fingerprint density at radius 2 is 2.23 bits per heavy atom. The Bertz CT molecular complexity index is 863. The highest BCUT2D eigenvalue weighted by Gasteiger charge is 2.17. The Hall–Kier alpha value is -2.14. The van der Waals surface area contributed by atoms with Gasteiger partial charge in [-0.15, -0.1) is 11.3 Å². The number of imidazole rings is 1. The third-order valence-electron chi connectivity index (χ3n) is 4.09. The predicted octanol–water partition coefficient (Wildman–Crippen LogP) is 3.73. The molecule has 0 unspecified atom stereocenters. The molecule has 0 fully saturated rings. The molecule has 0 bridgehead atoms. The van der Waals surface area contributed by atoms with E-state index < -0.39 is 0 Å². The Labute approximate surface area is 132 Å². The largest absolute Gasteiger partial charge is 0.461 e. The van der Waals surface area contributed by atoms with Gasteiger partial charge < -0.3 is 4.74 Å². The molecule has 4 rings (SSSR count). The third kappa shape index (κ3) is 2.13. The molecule has 0 radical (unpaired) electrons. The number of hydrogen-bond acceptors (Lipinski definition) is 4. The Kier molecular flexibility index (Phi) is 3.22. The van der Waals surface area contributed by atoms with Crippen molar-refractivity contribution in [2.75, 3.05) is 6.61 Å². The zero-order valence-corrected chi connectivity index (χ0v) is 13.2. The van der Waals surface area contributed by atoms with Gasteiger partial charge in [-0.1, -0.05) is 12.1 Å². The third-order valence-corrected chi connectivity index (χ3v) is 4.93. The molecule has 2 heterocycles. The monoisotopic (exact) mass is 312 g/mol. The first-order valence-electron chi connectivity index (χ1n) is 7.52. The van der Waals surface area contributed by atoms with E-state index in [9.17, 15) is 4.79 Å². The van der Waals surface area contributed by atoms with Crippen molar-refractivity contribution >= 4 is 22.3 Å². The zero-order chi connectivity index (χ0) is 15.1. The summed E-state index contributed by atoms with van der Waals surface area (Å²) in [6, 6.07) is 6.66. The van der Waals surface area contributed by atoms with Gasteiger partial charge >= 0.3 is 5.97 Å². The van der Waals surface area contributed by atoms with Gasteiger partial charge in [-0.05, 0) is 48.9 Å². The van der Waals surface area contributed by atoms with Crippen molar-refractivity contribution in [3.63, 3.8) is 0 Å². The van der Waals surface area contributed by atoms with Crippen LogP contribution in [0.1, 0.15) is 35.0 Å². The molecular formula is C17H16N2O2S. The number of carbonyl (C=O) groups is 1. The zero-order valence-electron chi connectivity index (χ0n) is 12.3. The maximum atomic E-state index is 11.8. The van der Waals surface area contributed by atoms with Crippen molar-refractivity contribution in [3.8, 4) is 11.3 Å². The van der Waals surface area contributed by atoms with E-state index in [-0.39, 0.29) is 5.97 Å². The van der Waals surface area contributed by atoms with Crippen molar-refractivity contribution in [2.45, 2.75) is 26.2 Å². The minimum atomic E-state index is -0.363. The molecule has 0 saturated heterocycles. The van der Waals surface area contributed by atoms with Crippen LogP contribution in [-0.2, 0) is 17.6 Å². The maximum absolute atomic E-state index is 11.8. The van der Waals surface area contributed by atoms with E-state index >= 15 is 0 Å². The lowest BCUT2D eigenvalue weighted by molar-refractivity contribution is 0.0520. The fourth-order valence-electron chi connectivity index (χ4n) is 3.03. The molecular weight excluding hydrogens is 296 g/mol. The van der Waals surface area contributed by atoms with Crippen molar-refractivity contribution in [1.29, 1.82) is 0 Å². The summed E-state index contributed by atoms with van der Waals surface area (Å²) in [5.74, 6) is -0.363. The number of hydrogen-bond donors (Lipinski definition) is 0. The van der Waals surface area contributed by atoms with Gasteiger partial charge in [0.25, 0.3) is 0 Å². The second kappa shape index (κ2) is 5.25. The highest BCUT2D eigenvalue weighted by Crippen LogP contribution is 2.31. The molecule has 4 nitrogen and oxygen atoms in total. The van der Waals surface area contributed by atoms with Crippen molar-refractivity contribution in [1.82, 2.24) is 9.38 Å². The number of esters is 1. The number of aromatic nitrogens is 2. The Balaban J connectivity index is 1.77. The van der Waals surface area contributed by atoms with Crippen LogP contribution in [0.2, 0.25) is 0 Å². The molecule has 1 aliphatic carbocycles. The molecule has 1 aromatic carbocycles. The van der Waals surface area contributed by atoms with Crippen molar-refractivity contribution in [2.24, 2.45) is 0 Å². The standard InChI is InChI=1S/C17H16N2O2S/c1-2-21-16(20)14-9-19-15(10-22-17(19)18-14)13-7-6-11-4-3-5-12(11)8-13/h6-10H,2-5H2,1H3. The molecule has 0 saturated carbocycles. The number of ether oxygens (including phenoxy) is 1. The second-order valence-corrected chi connectivity index (χ2v) is 6.29. The second-order valence-electron chi connectivity index (χ2n) is 5.46. The number of benzene rings is 1. The summed E-state index contributed by atoms with van der Waals surface area (Å²) in [5.41, 5.74) is 5.55. The fourth-order valence-corrected chi connectivity index (χ4v) is 3.91. The Morgan fingerprint density at radius 3 is 3.09 bits per heavy atom. The number of rotatable bonds is 3. The maximum Gasteiger partial charge on any atom is 0.358 e. The van der Waals surface area contributed by atoms with Crippen LogP contribution < -0.4 is 0 Å². The van der Waals surface area contributed by atoms with Crippen LogP contribution in [0, 0.1) is 0 Å². The first-order valence-corrected chi connectivity index (χ1v) is 8.40. The minimum absolute atomic E-state index is 0.363. The summed E-state index contributed by atoms with van der Waals surface area (Å²) >= 11 is 1.54. The van der Waals surface area contributed by atoms with E-state index in [4.69, 9.17) is 4.74 Å². The van der Waals surface area contributed by atoms with Gasteiger partial charge in [-0.25, -0.2) is 9.78 Å². The van der Waals surface area contributed by atoms with Crippen LogP contribution in [0.3, 0.4) is 0 Å². The van der Waals surface area contributed by atoms with Crippen molar-refractivity contribution in [3.05, 3.63) is 46.6 Å². The molecule has 0 N–H and O–H groups in total. The number of carbonyl (C=O) groups excluding carboxylic acids is 1. The SMILES string of the molecule is CCOC(=O)c1cn2c(-c3ccc4c(c3)CCC4)csc2n1. The van der Waals surface area contributed by atoms with Crippen molar-refractivity contribution < 1.29 is 9.53 Å². The highest BCUT2D eigenvalue weighted by molar-refractivity contribution is 7.15. The lowest BCUT2D eigenvalue weighted by Crippen LogP contribution is -2.04. The number of fused-ring (bicyclic) bond motifs is 2. The van der Waals surface area contributed by atoms with Gasteiger partial charge in [0.1, 0.15) is 0 Å². The van der Waals surface area contributed by atoms with Crippen LogP contribution in [0.25, 0.3) is 16.2 Å². The highest BCUT2D eigenvalue weighted by atomic mass is 32.1. The molecule has 0 amide bonds. The Morgan fingerprint density at radius 1 is 1.36 bits per heavy atom. The summed E-state index contributed by atoms with van der Waals surface area (Å²) in [5, 5.41) is 2.09. The van der Waals surface area contributed by atoms with E-state index in [0.29, 0.717) is 12.3 Å². The molecule has 0 aliphatic heterocycles. The summed E-state index contributed by atoms with van der Waals surface area (Å²) in [7, 11) is 0.